The summed E-state index contributed by atoms with van der Waals surface area (Å²) < 4.78 is 12.9. The predicted octanol–water partition coefficient (Wildman–Crippen LogP) is 4.22. The van der Waals surface area contributed by atoms with Gasteiger partial charge in [0, 0.05) is 16.1 Å². The van der Waals surface area contributed by atoms with Crippen molar-refractivity contribution in [2.24, 2.45) is 5.10 Å². The lowest BCUT2D eigenvalue weighted by Gasteiger charge is -2.07. The first-order chi connectivity index (χ1) is 13.5. The van der Waals surface area contributed by atoms with E-state index in [0.29, 0.717) is 23.4 Å². The summed E-state index contributed by atoms with van der Waals surface area (Å²) in [6.07, 6.45) is 0.343. The van der Waals surface area contributed by atoms with Crippen LogP contribution in [0.3, 0.4) is 0 Å². The molecule has 28 heavy (non-hydrogen) atoms. The molecular weight excluding hydrogens is 377 g/mol. The molecule has 0 atom stereocenters. The van der Waals surface area contributed by atoms with Crippen LogP contribution in [0.1, 0.15) is 27.7 Å². The number of carbonyl (C=O) groups excluding carboxylic acids is 2. The Morgan fingerprint density at radius 3 is 2.32 bits per heavy atom. The smallest absolute Gasteiger partial charge is 0.271 e. The van der Waals surface area contributed by atoms with E-state index in [1.165, 1.54) is 24.3 Å². The van der Waals surface area contributed by atoms with E-state index >= 15 is 0 Å². The van der Waals surface area contributed by atoms with Crippen LogP contribution in [0.4, 0.5) is 10.1 Å². The van der Waals surface area contributed by atoms with Gasteiger partial charge in [-0.3, -0.25) is 9.59 Å². The zero-order valence-electron chi connectivity index (χ0n) is 15.1. The summed E-state index contributed by atoms with van der Waals surface area (Å²) in [6, 6.07) is 16.2. The minimum Gasteiger partial charge on any atom is -0.326 e. The summed E-state index contributed by atoms with van der Waals surface area (Å²) in [6.45, 7) is 1.76. The largest absolute Gasteiger partial charge is 0.326 e. The van der Waals surface area contributed by atoms with Crippen LogP contribution in [-0.2, 0) is 11.2 Å². The summed E-state index contributed by atoms with van der Waals surface area (Å²) in [4.78, 5) is 25.1. The fraction of sp³-hybridized carbons (Fsp3) is 0.0952. The minimum atomic E-state index is -0.420. The maximum atomic E-state index is 12.9. The number of thiophene rings is 1. The molecule has 0 aliphatic carbocycles. The molecule has 0 fully saturated rings. The van der Waals surface area contributed by atoms with Gasteiger partial charge in [-0.1, -0.05) is 18.2 Å². The van der Waals surface area contributed by atoms with E-state index in [2.05, 4.69) is 15.8 Å². The Morgan fingerprint density at radius 1 is 1.00 bits per heavy atom. The van der Waals surface area contributed by atoms with Crippen molar-refractivity contribution in [1.82, 2.24) is 5.43 Å². The zero-order chi connectivity index (χ0) is 19.9. The third kappa shape index (κ3) is 5.34. The summed E-state index contributed by atoms with van der Waals surface area (Å²) in [7, 11) is 0. The van der Waals surface area contributed by atoms with Gasteiger partial charge >= 0.3 is 0 Å². The monoisotopic (exact) mass is 395 g/mol. The van der Waals surface area contributed by atoms with Crippen molar-refractivity contribution >= 4 is 34.6 Å². The van der Waals surface area contributed by atoms with Gasteiger partial charge in [0.2, 0.25) is 5.91 Å². The van der Waals surface area contributed by atoms with Crippen molar-refractivity contribution in [3.8, 4) is 0 Å². The SMILES string of the molecule is C/C(=N\NC(=O)c1ccc(F)cc1)c1ccc(NC(=O)Cc2cccs2)cc1. The first kappa shape index (κ1) is 19.4. The van der Waals surface area contributed by atoms with E-state index < -0.39 is 11.7 Å². The Labute approximate surface area is 165 Å². The maximum Gasteiger partial charge on any atom is 0.271 e. The van der Waals surface area contributed by atoms with Crippen LogP contribution in [0.15, 0.2) is 71.1 Å². The van der Waals surface area contributed by atoms with Gasteiger partial charge in [-0.15, -0.1) is 11.3 Å². The van der Waals surface area contributed by atoms with Crippen molar-refractivity contribution in [3.05, 3.63) is 87.9 Å². The fourth-order valence-electron chi connectivity index (χ4n) is 2.44. The Morgan fingerprint density at radius 2 is 1.68 bits per heavy atom. The lowest BCUT2D eigenvalue weighted by Crippen LogP contribution is -2.19. The van der Waals surface area contributed by atoms with Crippen LogP contribution in [0.5, 0.6) is 0 Å². The highest BCUT2D eigenvalue weighted by Crippen LogP contribution is 2.13. The average molecular weight is 395 g/mol. The minimum absolute atomic E-state index is 0.0767. The number of nitrogens with one attached hydrogen (secondary N) is 2. The van der Waals surface area contributed by atoms with Gasteiger partial charge in [-0.2, -0.15) is 5.10 Å². The molecular formula is C21H18FN3O2S. The number of benzene rings is 2. The average Bonchev–Trinajstić information content (AvgIpc) is 3.20. The molecule has 3 rings (SSSR count). The van der Waals surface area contributed by atoms with E-state index in [1.54, 1.807) is 30.4 Å². The Kier molecular flexibility index (Phi) is 6.29. The number of carbonyl (C=O) groups is 2. The molecule has 3 aromatic rings. The number of hydrogen-bond donors (Lipinski definition) is 2. The summed E-state index contributed by atoms with van der Waals surface area (Å²) >= 11 is 1.55. The number of nitrogens with zero attached hydrogens (tertiary/aromatic N) is 1. The van der Waals surface area contributed by atoms with E-state index in [1.807, 2.05) is 29.6 Å². The Balaban J connectivity index is 1.57. The molecule has 5 nitrogen and oxygen atoms in total. The summed E-state index contributed by atoms with van der Waals surface area (Å²) in [5.41, 5.74) is 4.86. The lowest BCUT2D eigenvalue weighted by atomic mass is 10.1. The number of rotatable bonds is 6. The number of anilines is 1. The fourth-order valence-corrected chi connectivity index (χ4v) is 3.14. The first-order valence-electron chi connectivity index (χ1n) is 8.54. The van der Waals surface area contributed by atoms with Crippen LogP contribution in [0.2, 0.25) is 0 Å². The van der Waals surface area contributed by atoms with Crippen molar-refractivity contribution < 1.29 is 14.0 Å². The molecule has 0 aliphatic rings. The molecule has 0 unspecified atom stereocenters. The third-order valence-electron chi connectivity index (χ3n) is 3.93. The van der Waals surface area contributed by atoms with Crippen molar-refractivity contribution in [3.63, 3.8) is 0 Å². The van der Waals surface area contributed by atoms with Crippen LogP contribution in [0, 0.1) is 5.82 Å². The molecule has 142 valence electrons. The van der Waals surface area contributed by atoms with Crippen LogP contribution < -0.4 is 10.7 Å². The molecule has 2 aromatic carbocycles. The quantitative estimate of drug-likeness (QED) is 0.485. The van der Waals surface area contributed by atoms with Crippen molar-refractivity contribution in [2.45, 2.75) is 13.3 Å². The van der Waals surface area contributed by atoms with Crippen LogP contribution in [0.25, 0.3) is 0 Å². The number of halogens is 1. The molecule has 7 heteroatoms. The van der Waals surface area contributed by atoms with Gasteiger partial charge in [-0.05, 0) is 60.3 Å². The molecule has 0 saturated heterocycles. The molecule has 0 saturated carbocycles. The van der Waals surface area contributed by atoms with E-state index in [0.717, 1.165) is 10.4 Å². The third-order valence-corrected chi connectivity index (χ3v) is 4.81. The first-order valence-corrected chi connectivity index (χ1v) is 9.42. The van der Waals surface area contributed by atoms with Crippen LogP contribution >= 0.6 is 11.3 Å². The molecule has 2 N–H and O–H groups in total. The Bertz CT molecular complexity index is 982. The van der Waals surface area contributed by atoms with Crippen molar-refractivity contribution in [1.29, 1.82) is 0 Å². The molecule has 0 bridgehead atoms. The summed E-state index contributed by atoms with van der Waals surface area (Å²) in [5, 5.41) is 8.86. The lowest BCUT2D eigenvalue weighted by molar-refractivity contribution is -0.115. The number of hydrogen-bond acceptors (Lipinski definition) is 4. The van der Waals surface area contributed by atoms with Crippen molar-refractivity contribution in [2.75, 3.05) is 5.32 Å². The standard InChI is InChI=1S/C21H18FN3O2S/c1-14(24-25-21(27)16-4-8-17(22)9-5-16)15-6-10-18(11-7-15)23-20(26)13-19-3-2-12-28-19/h2-12H,13H2,1H3,(H,23,26)(H,25,27)/b24-14+. The van der Waals surface area contributed by atoms with E-state index in [4.69, 9.17) is 0 Å². The Hall–Kier alpha value is -3.32. The molecule has 0 radical (unpaired) electrons. The maximum absolute atomic E-state index is 12.9. The second-order valence-electron chi connectivity index (χ2n) is 6.03. The highest BCUT2D eigenvalue weighted by atomic mass is 32.1. The number of hydrazone groups is 1. The second kappa shape index (κ2) is 9.05. The summed E-state index contributed by atoms with van der Waals surface area (Å²) in [5.74, 6) is -0.900. The predicted molar refractivity (Wildman–Crippen MR) is 109 cm³/mol. The molecule has 0 spiro atoms. The van der Waals surface area contributed by atoms with Gasteiger partial charge in [0.05, 0.1) is 12.1 Å². The highest BCUT2D eigenvalue weighted by Gasteiger charge is 2.07. The van der Waals surface area contributed by atoms with Gasteiger partial charge in [-0.25, -0.2) is 9.82 Å². The molecule has 1 heterocycles. The van der Waals surface area contributed by atoms with Gasteiger partial charge in [0.25, 0.3) is 5.91 Å². The van der Waals surface area contributed by atoms with Gasteiger partial charge in [0.1, 0.15) is 5.82 Å². The van der Waals surface area contributed by atoms with E-state index in [-0.39, 0.29) is 5.91 Å². The normalized spacial score (nSPS) is 11.1. The topological polar surface area (TPSA) is 70.6 Å². The molecule has 1 aromatic heterocycles. The number of amides is 2. The molecule has 2 amide bonds. The van der Waals surface area contributed by atoms with Gasteiger partial charge < -0.3 is 5.32 Å². The van der Waals surface area contributed by atoms with Gasteiger partial charge in [0.15, 0.2) is 0 Å². The van der Waals surface area contributed by atoms with E-state index in [9.17, 15) is 14.0 Å². The highest BCUT2D eigenvalue weighted by molar-refractivity contribution is 7.10. The zero-order valence-corrected chi connectivity index (χ0v) is 15.9. The van der Waals surface area contributed by atoms with Crippen LogP contribution in [-0.4, -0.2) is 17.5 Å². The molecule has 0 aliphatic heterocycles. The second-order valence-corrected chi connectivity index (χ2v) is 7.06.